The molecule has 3 aromatic heterocycles. The van der Waals surface area contributed by atoms with Gasteiger partial charge in [0.05, 0.1) is 36.1 Å². The van der Waals surface area contributed by atoms with E-state index in [2.05, 4.69) is 20.6 Å². The molecule has 0 aliphatic rings. The van der Waals surface area contributed by atoms with E-state index in [1.807, 2.05) is 32.0 Å². The summed E-state index contributed by atoms with van der Waals surface area (Å²) in [5.41, 5.74) is 4.55. The molecule has 0 saturated carbocycles. The average Bonchev–Trinajstić information content (AvgIpc) is 3.36. The van der Waals surface area contributed by atoms with Crippen LogP contribution in [0.2, 0.25) is 0 Å². The lowest BCUT2D eigenvalue weighted by molar-refractivity contribution is -0.120. The van der Waals surface area contributed by atoms with Gasteiger partial charge < -0.3 is 9.84 Å². The normalized spacial score (nSPS) is 10.9. The highest BCUT2D eigenvalue weighted by atomic mass is 19.1. The van der Waals surface area contributed by atoms with E-state index in [1.165, 1.54) is 6.07 Å². The summed E-state index contributed by atoms with van der Waals surface area (Å²) in [5, 5.41) is 11.3. The molecule has 7 nitrogen and oxygen atoms in total. The minimum atomic E-state index is -0.383. The average molecular weight is 419 g/mol. The van der Waals surface area contributed by atoms with E-state index < -0.39 is 0 Å². The first-order chi connectivity index (χ1) is 15.0. The van der Waals surface area contributed by atoms with Crippen LogP contribution in [0.3, 0.4) is 0 Å². The summed E-state index contributed by atoms with van der Waals surface area (Å²) in [4.78, 5) is 16.6. The van der Waals surface area contributed by atoms with Gasteiger partial charge in [-0.15, -0.1) is 0 Å². The van der Waals surface area contributed by atoms with E-state index in [1.54, 1.807) is 35.3 Å². The molecule has 0 radical (unpaired) electrons. The van der Waals surface area contributed by atoms with Crippen molar-refractivity contribution in [1.29, 1.82) is 0 Å². The first kappa shape index (κ1) is 20.5. The third kappa shape index (κ3) is 4.69. The number of nitrogens with one attached hydrogen (secondary N) is 1. The quantitative estimate of drug-likeness (QED) is 0.494. The van der Waals surface area contributed by atoms with Crippen LogP contribution in [0.1, 0.15) is 17.0 Å². The summed E-state index contributed by atoms with van der Waals surface area (Å²) in [6.07, 6.45) is 3.49. The lowest BCUT2D eigenvalue weighted by Crippen LogP contribution is -2.29. The van der Waals surface area contributed by atoms with Crippen LogP contribution in [-0.4, -0.2) is 32.4 Å². The van der Waals surface area contributed by atoms with E-state index in [0.717, 1.165) is 28.2 Å². The minimum Gasteiger partial charge on any atom is -0.356 e. The van der Waals surface area contributed by atoms with Gasteiger partial charge in [-0.25, -0.2) is 4.39 Å². The van der Waals surface area contributed by atoms with Gasteiger partial charge in [0.25, 0.3) is 0 Å². The van der Waals surface area contributed by atoms with Crippen molar-refractivity contribution in [3.8, 4) is 22.6 Å². The number of pyridine rings is 1. The second-order valence-electron chi connectivity index (χ2n) is 7.27. The van der Waals surface area contributed by atoms with Crippen LogP contribution >= 0.6 is 0 Å². The second-order valence-corrected chi connectivity index (χ2v) is 7.27. The van der Waals surface area contributed by atoms with E-state index in [-0.39, 0.29) is 18.1 Å². The molecule has 31 heavy (non-hydrogen) atoms. The molecule has 4 aromatic rings. The van der Waals surface area contributed by atoms with Crippen molar-refractivity contribution in [2.75, 3.05) is 6.54 Å². The van der Waals surface area contributed by atoms with Crippen LogP contribution in [0.15, 0.2) is 59.4 Å². The molecule has 0 bridgehead atoms. The molecule has 0 aliphatic carbocycles. The lowest BCUT2D eigenvalue weighted by atomic mass is 10.1. The highest BCUT2D eigenvalue weighted by molar-refractivity contribution is 5.79. The van der Waals surface area contributed by atoms with Crippen LogP contribution in [0, 0.1) is 19.7 Å². The number of nitrogens with zero attached hydrogens (tertiary/aromatic N) is 4. The zero-order valence-electron chi connectivity index (χ0n) is 17.3. The Hall–Kier alpha value is -3.81. The number of benzene rings is 1. The summed E-state index contributed by atoms with van der Waals surface area (Å²) in [7, 11) is 0. The summed E-state index contributed by atoms with van der Waals surface area (Å²) >= 11 is 0. The van der Waals surface area contributed by atoms with Crippen LogP contribution in [0.4, 0.5) is 4.39 Å². The number of aromatic nitrogens is 4. The molecule has 0 atom stereocenters. The predicted octanol–water partition coefficient (Wildman–Crippen LogP) is 3.71. The molecule has 0 saturated heterocycles. The van der Waals surface area contributed by atoms with E-state index >= 15 is 0 Å². The Morgan fingerprint density at radius 2 is 1.97 bits per heavy atom. The maximum absolute atomic E-state index is 13.8. The first-order valence-electron chi connectivity index (χ1n) is 9.94. The van der Waals surface area contributed by atoms with Crippen molar-refractivity contribution >= 4 is 5.91 Å². The van der Waals surface area contributed by atoms with Gasteiger partial charge in [-0.1, -0.05) is 23.4 Å². The third-order valence-corrected chi connectivity index (χ3v) is 4.87. The van der Waals surface area contributed by atoms with Gasteiger partial charge in [0.2, 0.25) is 5.91 Å². The molecule has 1 aromatic carbocycles. The number of carbonyl (C=O) groups is 1. The van der Waals surface area contributed by atoms with Crippen molar-refractivity contribution < 1.29 is 13.7 Å². The molecule has 0 aliphatic heterocycles. The van der Waals surface area contributed by atoms with Gasteiger partial charge in [0, 0.05) is 30.1 Å². The molecule has 4 rings (SSSR count). The Morgan fingerprint density at radius 1 is 1.13 bits per heavy atom. The molecule has 8 heteroatoms. The highest BCUT2D eigenvalue weighted by Crippen LogP contribution is 2.32. The molecular weight excluding hydrogens is 397 g/mol. The van der Waals surface area contributed by atoms with Crippen LogP contribution in [0.25, 0.3) is 22.6 Å². The third-order valence-electron chi connectivity index (χ3n) is 4.87. The SMILES string of the molecule is Cc1ccc(-c2c(-c3cc(C)no3)cnn2CCNC(=O)Cc2ccccc2F)cn1. The molecule has 158 valence electrons. The van der Waals surface area contributed by atoms with Gasteiger partial charge >= 0.3 is 0 Å². The van der Waals surface area contributed by atoms with Crippen molar-refractivity contribution in [2.45, 2.75) is 26.8 Å². The van der Waals surface area contributed by atoms with Crippen molar-refractivity contribution in [3.63, 3.8) is 0 Å². The molecule has 1 amide bonds. The Labute approximate surface area is 178 Å². The van der Waals surface area contributed by atoms with Gasteiger partial charge in [-0.2, -0.15) is 5.10 Å². The molecule has 0 unspecified atom stereocenters. The first-order valence-corrected chi connectivity index (χ1v) is 9.94. The molecule has 1 N–H and O–H groups in total. The number of aryl methyl sites for hydroxylation is 2. The van der Waals surface area contributed by atoms with Crippen LogP contribution in [0.5, 0.6) is 0 Å². The molecule has 0 spiro atoms. The fourth-order valence-corrected chi connectivity index (χ4v) is 3.32. The van der Waals surface area contributed by atoms with Gasteiger partial charge in [0.1, 0.15) is 5.82 Å². The summed E-state index contributed by atoms with van der Waals surface area (Å²) in [6.45, 7) is 4.55. The maximum atomic E-state index is 13.8. The van der Waals surface area contributed by atoms with Gasteiger partial charge in [0.15, 0.2) is 5.76 Å². The standard InChI is InChI=1S/C23H22FN5O2/c1-15-7-8-18(13-26-15)23-19(21-11-16(2)28-31-21)14-27-29(23)10-9-25-22(30)12-17-5-3-4-6-20(17)24/h3-8,11,13-14H,9-10,12H2,1-2H3,(H,25,30). The van der Waals surface area contributed by atoms with Gasteiger partial charge in [-0.3, -0.25) is 14.5 Å². The number of carbonyl (C=O) groups excluding carboxylic acids is 1. The monoisotopic (exact) mass is 419 g/mol. The van der Waals surface area contributed by atoms with E-state index in [0.29, 0.717) is 24.4 Å². The Morgan fingerprint density at radius 3 is 2.68 bits per heavy atom. The Balaban J connectivity index is 1.51. The summed E-state index contributed by atoms with van der Waals surface area (Å²) < 4.78 is 21.0. The minimum absolute atomic E-state index is 0.0108. The van der Waals surface area contributed by atoms with Crippen molar-refractivity contribution in [2.24, 2.45) is 0 Å². The predicted molar refractivity (Wildman–Crippen MR) is 114 cm³/mol. The molecular formula is C23H22FN5O2. The maximum Gasteiger partial charge on any atom is 0.224 e. The number of rotatable bonds is 7. The zero-order chi connectivity index (χ0) is 21.8. The smallest absolute Gasteiger partial charge is 0.224 e. The van der Waals surface area contributed by atoms with Crippen LogP contribution < -0.4 is 5.32 Å². The number of hydrogen-bond acceptors (Lipinski definition) is 5. The second kappa shape index (κ2) is 8.91. The largest absolute Gasteiger partial charge is 0.356 e. The number of amides is 1. The zero-order valence-corrected chi connectivity index (χ0v) is 17.3. The van der Waals surface area contributed by atoms with E-state index in [9.17, 15) is 9.18 Å². The lowest BCUT2D eigenvalue weighted by Gasteiger charge is -2.11. The Bertz CT molecular complexity index is 1200. The fraction of sp³-hybridized carbons (Fsp3) is 0.217. The number of halogens is 1. The molecule has 0 fully saturated rings. The van der Waals surface area contributed by atoms with Crippen LogP contribution in [-0.2, 0) is 17.8 Å². The number of hydrogen-bond donors (Lipinski definition) is 1. The fourth-order valence-electron chi connectivity index (χ4n) is 3.32. The summed E-state index contributed by atoms with van der Waals surface area (Å²) in [6, 6.07) is 12.0. The van der Waals surface area contributed by atoms with Crippen molar-refractivity contribution in [1.82, 2.24) is 25.2 Å². The van der Waals surface area contributed by atoms with E-state index in [4.69, 9.17) is 4.52 Å². The Kier molecular flexibility index (Phi) is 5.88. The van der Waals surface area contributed by atoms with Gasteiger partial charge in [-0.05, 0) is 37.6 Å². The highest BCUT2D eigenvalue weighted by Gasteiger charge is 2.18. The summed E-state index contributed by atoms with van der Waals surface area (Å²) in [5.74, 6) is -0.0179. The molecule has 3 heterocycles. The van der Waals surface area contributed by atoms with Crippen molar-refractivity contribution in [3.05, 3.63) is 77.6 Å². The topological polar surface area (TPSA) is 85.8 Å².